The molecule has 0 N–H and O–H groups in total. The van der Waals surface area contributed by atoms with Gasteiger partial charge in [-0.05, 0) is 37.0 Å². The predicted octanol–water partition coefficient (Wildman–Crippen LogP) is 4.82. The first-order valence-electron chi connectivity index (χ1n) is 7.85. The summed E-state index contributed by atoms with van der Waals surface area (Å²) < 4.78 is 4.76. The molecule has 2 nitrogen and oxygen atoms in total. The van der Waals surface area contributed by atoms with Gasteiger partial charge < -0.3 is 4.74 Å². The molecule has 0 aromatic heterocycles. The van der Waals surface area contributed by atoms with Crippen LogP contribution in [-0.4, -0.2) is 24.4 Å². The maximum Gasteiger partial charge on any atom is 0.330 e. The van der Waals surface area contributed by atoms with Crippen LogP contribution in [-0.2, 0) is 9.53 Å². The van der Waals surface area contributed by atoms with Gasteiger partial charge in [-0.25, -0.2) is 4.79 Å². The number of hydrogen-bond acceptors (Lipinski definition) is 2. The van der Waals surface area contributed by atoms with Gasteiger partial charge in [0.2, 0.25) is 0 Å². The van der Waals surface area contributed by atoms with Crippen LogP contribution in [0.1, 0.15) is 64.2 Å². The summed E-state index contributed by atoms with van der Waals surface area (Å²) in [5.41, 5.74) is 1.74. The van der Waals surface area contributed by atoms with Crippen LogP contribution >= 0.6 is 7.92 Å². The Morgan fingerprint density at radius 3 is 1.84 bits per heavy atom. The molecular formula is C16H27O2P. The van der Waals surface area contributed by atoms with Crippen molar-refractivity contribution >= 4 is 13.9 Å². The average molecular weight is 282 g/mol. The Hall–Kier alpha value is -0.360. The van der Waals surface area contributed by atoms with Crippen LogP contribution in [0.15, 0.2) is 11.9 Å². The quantitative estimate of drug-likeness (QED) is 0.420. The van der Waals surface area contributed by atoms with Crippen molar-refractivity contribution in [3.8, 4) is 0 Å². The van der Waals surface area contributed by atoms with Crippen molar-refractivity contribution in [1.29, 1.82) is 0 Å². The molecule has 0 spiro atoms. The number of carbonyl (C=O) groups is 1. The highest BCUT2D eigenvalue weighted by atomic mass is 31.1. The average Bonchev–Trinajstić information content (AvgIpc) is 2.49. The number of esters is 1. The molecule has 2 saturated carbocycles. The second kappa shape index (κ2) is 8.04. The molecule has 2 fully saturated rings. The minimum absolute atomic E-state index is 0.117. The molecule has 2 aliphatic carbocycles. The molecule has 0 aliphatic heterocycles. The lowest BCUT2D eigenvalue weighted by molar-refractivity contribution is -0.134. The smallest absolute Gasteiger partial charge is 0.330 e. The van der Waals surface area contributed by atoms with Crippen LogP contribution in [0.3, 0.4) is 0 Å². The minimum Gasteiger partial charge on any atom is -0.466 e. The Morgan fingerprint density at radius 2 is 1.42 bits per heavy atom. The molecule has 0 aromatic rings. The van der Waals surface area contributed by atoms with Gasteiger partial charge in [-0.2, -0.15) is 0 Å². The normalized spacial score (nSPS) is 23.1. The fraction of sp³-hybridized carbons (Fsp3) is 0.812. The van der Waals surface area contributed by atoms with Gasteiger partial charge in [-0.1, -0.05) is 52.3 Å². The largest absolute Gasteiger partial charge is 0.466 e. The van der Waals surface area contributed by atoms with Gasteiger partial charge in [-0.3, -0.25) is 0 Å². The topological polar surface area (TPSA) is 26.3 Å². The van der Waals surface area contributed by atoms with Gasteiger partial charge in [0.1, 0.15) is 0 Å². The minimum atomic E-state index is -0.181. The molecule has 108 valence electrons. The van der Waals surface area contributed by atoms with E-state index in [0.717, 1.165) is 11.3 Å². The maximum absolute atomic E-state index is 11.4. The van der Waals surface area contributed by atoms with Gasteiger partial charge in [0.25, 0.3) is 0 Å². The first kappa shape index (κ1) is 15.0. The van der Waals surface area contributed by atoms with Crippen molar-refractivity contribution < 1.29 is 9.53 Å². The zero-order valence-corrected chi connectivity index (χ0v) is 13.0. The molecule has 0 amide bonds. The van der Waals surface area contributed by atoms with Gasteiger partial charge in [0, 0.05) is 6.08 Å². The first-order valence-corrected chi connectivity index (χ1v) is 9.40. The molecule has 0 aromatic carbocycles. The third-order valence-electron chi connectivity index (χ3n) is 4.58. The predicted molar refractivity (Wildman–Crippen MR) is 81.8 cm³/mol. The Balaban J connectivity index is 2.02. The summed E-state index contributed by atoms with van der Waals surface area (Å²) in [5.74, 6) is 2.06. The van der Waals surface area contributed by atoms with E-state index in [4.69, 9.17) is 4.74 Å². The van der Waals surface area contributed by atoms with Crippen molar-refractivity contribution in [2.24, 2.45) is 0 Å². The van der Waals surface area contributed by atoms with E-state index < -0.39 is 0 Å². The molecule has 2 aliphatic rings. The van der Waals surface area contributed by atoms with Crippen LogP contribution < -0.4 is 0 Å². The van der Waals surface area contributed by atoms with Gasteiger partial charge >= 0.3 is 5.97 Å². The summed E-state index contributed by atoms with van der Waals surface area (Å²) in [5, 5.41) is 0. The number of rotatable bonds is 4. The summed E-state index contributed by atoms with van der Waals surface area (Å²) in [6.45, 7) is 0. The molecule has 0 bridgehead atoms. The van der Waals surface area contributed by atoms with Crippen molar-refractivity contribution in [3.63, 3.8) is 0 Å². The number of hydrogen-bond donors (Lipinski definition) is 0. The zero-order valence-electron chi connectivity index (χ0n) is 12.1. The Labute approximate surface area is 118 Å². The Morgan fingerprint density at radius 1 is 0.947 bits per heavy atom. The van der Waals surface area contributed by atoms with E-state index in [1.54, 1.807) is 6.08 Å². The summed E-state index contributed by atoms with van der Waals surface area (Å²) in [6, 6.07) is 0. The lowest BCUT2D eigenvalue weighted by atomic mass is 9.99. The molecule has 19 heavy (non-hydrogen) atoms. The molecule has 0 radical (unpaired) electrons. The van der Waals surface area contributed by atoms with Crippen molar-refractivity contribution in [3.05, 3.63) is 11.9 Å². The molecule has 0 saturated heterocycles. The van der Waals surface area contributed by atoms with Gasteiger partial charge in [-0.15, -0.1) is 0 Å². The van der Waals surface area contributed by atoms with Gasteiger partial charge in [0.05, 0.1) is 7.11 Å². The third kappa shape index (κ3) is 4.60. The molecule has 0 heterocycles. The third-order valence-corrected chi connectivity index (χ3v) is 7.79. The number of ether oxygens (including phenoxy) is 1. The summed E-state index contributed by atoms with van der Waals surface area (Å²) in [4.78, 5) is 11.4. The van der Waals surface area contributed by atoms with E-state index in [2.05, 4.69) is 5.82 Å². The van der Waals surface area contributed by atoms with Crippen molar-refractivity contribution in [2.45, 2.75) is 75.5 Å². The second-order valence-corrected chi connectivity index (χ2v) is 8.52. The van der Waals surface area contributed by atoms with Crippen LogP contribution in [0.4, 0.5) is 0 Å². The first-order chi connectivity index (χ1) is 9.31. The highest BCUT2D eigenvalue weighted by Gasteiger charge is 2.29. The van der Waals surface area contributed by atoms with Crippen LogP contribution in [0.5, 0.6) is 0 Å². The summed E-state index contributed by atoms with van der Waals surface area (Å²) >= 11 is 0. The lowest BCUT2D eigenvalue weighted by Gasteiger charge is -2.36. The fourth-order valence-corrected chi connectivity index (χ4v) is 6.81. The SMILES string of the molecule is COC(=O)/C=C/P(C1CCCCC1)C1CCCCC1. The molecule has 0 atom stereocenters. The van der Waals surface area contributed by atoms with E-state index in [0.29, 0.717) is 0 Å². The number of methoxy groups -OCH3 is 1. The van der Waals surface area contributed by atoms with Crippen LogP contribution in [0, 0.1) is 0 Å². The lowest BCUT2D eigenvalue weighted by Crippen LogP contribution is -2.19. The van der Waals surface area contributed by atoms with Crippen LogP contribution in [0.25, 0.3) is 0 Å². The van der Waals surface area contributed by atoms with E-state index >= 15 is 0 Å². The summed E-state index contributed by atoms with van der Waals surface area (Å²) in [6.07, 6.45) is 15.6. The molecule has 2 rings (SSSR count). The fourth-order valence-electron chi connectivity index (χ4n) is 3.51. The standard InChI is InChI=1S/C16H27O2P/c1-18-16(17)12-13-19(14-8-4-2-5-9-14)15-10-6-3-7-11-15/h12-15H,2-11H2,1H3/b13-12+. The monoisotopic (exact) mass is 282 g/mol. The van der Waals surface area contributed by atoms with E-state index in [9.17, 15) is 4.79 Å². The number of carbonyl (C=O) groups excluding carboxylic acids is 1. The van der Waals surface area contributed by atoms with E-state index in [-0.39, 0.29) is 13.9 Å². The Kier molecular flexibility index (Phi) is 6.37. The highest BCUT2D eigenvalue weighted by Crippen LogP contribution is 2.56. The van der Waals surface area contributed by atoms with Crippen molar-refractivity contribution in [2.75, 3.05) is 7.11 Å². The zero-order chi connectivity index (χ0) is 13.5. The van der Waals surface area contributed by atoms with E-state index in [1.807, 2.05) is 0 Å². The van der Waals surface area contributed by atoms with Gasteiger partial charge in [0.15, 0.2) is 0 Å². The molecular weight excluding hydrogens is 255 g/mol. The highest BCUT2D eigenvalue weighted by molar-refractivity contribution is 7.62. The van der Waals surface area contributed by atoms with Crippen molar-refractivity contribution in [1.82, 2.24) is 0 Å². The van der Waals surface area contributed by atoms with E-state index in [1.165, 1.54) is 71.3 Å². The maximum atomic E-state index is 11.4. The summed E-state index contributed by atoms with van der Waals surface area (Å²) in [7, 11) is 1.35. The van der Waals surface area contributed by atoms with Crippen LogP contribution in [0.2, 0.25) is 0 Å². The molecule has 0 unspecified atom stereocenters. The second-order valence-electron chi connectivity index (χ2n) is 5.87. The molecule has 3 heteroatoms. The Bertz CT molecular complexity index is 284.